The predicted octanol–water partition coefficient (Wildman–Crippen LogP) is -1.09. The largest absolute Gasteiger partial charge is 0.496 e. The van der Waals surface area contributed by atoms with E-state index in [2.05, 4.69) is 70.8 Å². The number of amides is 1. The molecule has 2 aliphatic rings. The molecule has 1 amide bonds. The third-order valence-corrected chi connectivity index (χ3v) is 8.86. The van der Waals surface area contributed by atoms with Gasteiger partial charge in [-0.25, -0.2) is 4.68 Å². The summed E-state index contributed by atoms with van der Waals surface area (Å²) in [6.07, 6.45) is 6.86. The third-order valence-electron chi connectivity index (χ3n) is 8.19. The van der Waals surface area contributed by atoms with E-state index in [9.17, 15) is 4.79 Å². The van der Waals surface area contributed by atoms with Gasteiger partial charge in [0.25, 0.3) is 5.91 Å². The van der Waals surface area contributed by atoms with Gasteiger partial charge in [-0.05, 0) is 53.4 Å². The molecule has 216 valence electrons. The van der Waals surface area contributed by atoms with E-state index in [1.54, 1.807) is 18.4 Å². The highest BCUT2D eigenvalue weighted by Gasteiger charge is 2.42. The number of carbonyl (C=O) groups excluding carboxylic acids is 1. The Labute approximate surface area is 262 Å². The van der Waals surface area contributed by atoms with Crippen molar-refractivity contribution in [1.29, 1.82) is 0 Å². The van der Waals surface area contributed by atoms with Crippen molar-refractivity contribution in [1.82, 2.24) is 19.2 Å². The molecule has 0 spiro atoms. The van der Waals surface area contributed by atoms with Gasteiger partial charge in [0, 0.05) is 59.2 Å². The topological polar surface area (TPSA) is 70.8 Å². The maximum atomic E-state index is 14.7. The number of hydrogen-bond donors (Lipinski definition) is 0. The van der Waals surface area contributed by atoms with Gasteiger partial charge in [-0.1, -0.05) is 0 Å². The number of nitrogens with zero attached hydrogens (tertiary/aromatic N) is 4. The Morgan fingerprint density at radius 1 is 1.14 bits per heavy atom. The van der Waals surface area contributed by atoms with E-state index in [1.165, 1.54) is 0 Å². The fraction of sp³-hybridized carbons (Fsp3) is 0.357. The summed E-state index contributed by atoms with van der Waals surface area (Å²) in [7, 11) is 16.3. The minimum absolute atomic E-state index is 0.0625. The van der Waals surface area contributed by atoms with Gasteiger partial charge < -0.3 is 23.7 Å². The highest BCUT2D eigenvalue weighted by atomic mass is 32.1. The second-order valence-corrected chi connectivity index (χ2v) is 14.4. The van der Waals surface area contributed by atoms with Crippen molar-refractivity contribution in [3.8, 4) is 39.6 Å². The van der Waals surface area contributed by atoms with E-state index < -0.39 is 5.24 Å². The van der Waals surface area contributed by atoms with Crippen LogP contribution < -0.4 is 9.47 Å². The van der Waals surface area contributed by atoms with Crippen LogP contribution >= 0.6 is 11.3 Å². The molecule has 3 aromatic heterocycles. The molecule has 1 aliphatic heterocycles. The van der Waals surface area contributed by atoms with Gasteiger partial charge in [0.1, 0.15) is 65.2 Å². The van der Waals surface area contributed by atoms with Crippen LogP contribution in [-0.2, 0) is 18.4 Å². The van der Waals surface area contributed by atoms with Crippen LogP contribution in [0.4, 0.5) is 0 Å². The molecule has 1 saturated carbocycles. The van der Waals surface area contributed by atoms with Crippen molar-refractivity contribution in [3.05, 3.63) is 58.7 Å². The van der Waals surface area contributed by atoms with Crippen LogP contribution in [0.3, 0.4) is 0 Å². The number of carbonyl (C=O) groups is 1. The number of fused-ring (bicyclic) bond motifs is 3. The number of methoxy groups -OCH3 is 1. The summed E-state index contributed by atoms with van der Waals surface area (Å²) in [5, 5.41) is 8.52. The summed E-state index contributed by atoms with van der Waals surface area (Å²) in [6, 6.07) is 8.22. The van der Waals surface area contributed by atoms with Gasteiger partial charge in [0.05, 0.1) is 24.6 Å². The summed E-state index contributed by atoms with van der Waals surface area (Å²) >= 11 is 1.60. The van der Waals surface area contributed by atoms with Crippen molar-refractivity contribution in [3.63, 3.8) is 0 Å². The van der Waals surface area contributed by atoms with E-state index in [-0.39, 0.29) is 30.0 Å². The molecule has 2 atom stereocenters. The zero-order valence-electron chi connectivity index (χ0n) is 26.4. The Hall–Kier alpha value is -3.17. The zero-order chi connectivity index (χ0) is 30.7. The highest BCUT2D eigenvalue weighted by molar-refractivity contribution is 7.08. The minimum atomic E-state index is -0.404. The molecular weight excluding hydrogens is 553 g/mol. The summed E-state index contributed by atoms with van der Waals surface area (Å²) in [4.78, 5) is 16.7. The molecule has 0 N–H and O–H groups in total. The molecule has 6 rings (SSSR count). The molecule has 1 aromatic carbocycles. The van der Waals surface area contributed by atoms with Gasteiger partial charge in [0.15, 0.2) is 5.69 Å². The van der Waals surface area contributed by atoms with Crippen molar-refractivity contribution in [2.75, 3.05) is 7.11 Å². The minimum Gasteiger partial charge on any atom is -0.496 e. The van der Waals surface area contributed by atoms with Crippen molar-refractivity contribution < 1.29 is 19.0 Å². The van der Waals surface area contributed by atoms with Crippen LogP contribution in [-0.4, -0.2) is 102 Å². The molecule has 1 fully saturated rings. The second-order valence-electron chi connectivity index (χ2n) is 13.6. The van der Waals surface area contributed by atoms with Gasteiger partial charge in [-0.3, -0.25) is 4.79 Å². The van der Waals surface area contributed by atoms with Gasteiger partial charge in [0.2, 0.25) is 0 Å². The van der Waals surface area contributed by atoms with Gasteiger partial charge in [-0.2, -0.15) is 16.4 Å². The first-order chi connectivity index (χ1) is 20.3. The highest BCUT2D eigenvalue weighted by Crippen LogP contribution is 2.46. The van der Waals surface area contributed by atoms with E-state index in [0.717, 1.165) is 58.6 Å². The number of ether oxygens (including phenoxy) is 3. The Kier molecular flexibility index (Phi) is 7.70. The lowest BCUT2D eigenvalue weighted by molar-refractivity contribution is 0.0420. The molecular formula is C28H36B6N4O4S. The molecule has 4 heterocycles. The molecule has 1 aliphatic carbocycles. The van der Waals surface area contributed by atoms with Crippen LogP contribution in [0.2, 0.25) is 0 Å². The van der Waals surface area contributed by atoms with Crippen LogP contribution in [0.1, 0.15) is 35.3 Å². The van der Waals surface area contributed by atoms with E-state index in [4.69, 9.17) is 19.3 Å². The predicted molar refractivity (Wildman–Crippen MR) is 188 cm³/mol. The summed E-state index contributed by atoms with van der Waals surface area (Å²) in [6.45, 7) is 0.250. The van der Waals surface area contributed by atoms with Crippen LogP contribution in [0.25, 0.3) is 28.1 Å². The lowest BCUT2D eigenvalue weighted by atomic mass is 9.48. The maximum absolute atomic E-state index is 14.7. The standard InChI is InChI=1S/C28H36B6N4O4S/c1-36-7-5-15(12-36)19-10-20-23(11-22(19)40-2)41-13-21-24(35-38(25(20)21)17-6-8-43-14-17)26(39)37(27(29,30)31)16-3-4-18(9-16)42-28(32,33)34/h5-8,10-12,14,16,18H,3-4,9,13,29-34H2,1-2H3/t16-,18-/m0/s1. The first kappa shape index (κ1) is 29.9. The average molecular weight is 590 g/mol. The Morgan fingerprint density at radius 2 is 1.93 bits per heavy atom. The SMILES string of the molecule is BC(B)(B)O[C@H]1CC[C@H](N(C(=O)c2nn(-c3ccsc3)c3c2COc2cc(OC)c(-c4ccn(C)c4)cc2-3)C(B)(B)B)C1. The summed E-state index contributed by atoms with van der Waals surface area (Å²) < 4.78 is 22.4. The monoisotopic (exact) mass is 590 g/mol. The smallest absolute Gasteiger partial charge is 0.273 e. The normalized spacial score (nSPS) is 18.1. The summed E-state index contributed by atoms with van der Waals surface area (Å²) in [5.41, 5.74) is 5.95. The van der Waals surface area contributed by atoms with E-state index in [1.807, 2.05) is 44.9 Å². The molecule has 43 heavy (non-hydrogen) atoms. The second kappa shape index (κ2) is 11.1. The number of thiophene rings is 1. The number of aromatic nitrogens is 3. The van der Waals surface area contributed by atoms with E-state index >= 15 is 0 Å². The zero-order valence-corrected chi connectivity index (χ0v) is 27.2. The molecule has 8 nitrogen and oxygen atoms in total. The van der Waals surface area contributed by atoms with Crippen LogP contribution in [0, 0.1) is 0 Å². The Morgan fingerprint density at radius 3 is 2.56 bits per heavy atom. The number of rotatable bonds is 8. The van der Waals surface area contributed by atoms with Crippen molar-refractivity contribution >= 4 is 64.3 Å². The van der Waals surface area contributed by atoms with Gasteiger partial charge >= 0.3 is 0 Å². The number of aryl methyl sites for hydroxylation is 1. The Bertz CT molecular complexity index is 1660. The third kappa shape index (κ3) is 5.74. The molecule has 0 radical (unpaired) electrons. The quantitative estimate of drug-likeness (QED) is 0.245. The molecule has 4 aromatic rings. The lowest BCUT2D eigenvalue weighted by Crippen LogP contribution is -2.58. The van der Waals surface area contributed by atoms with Crippen molar-refractivity contribution in [2.45, 2.75) is 48.6 Å². The number of hydrogen-bond acceptors (Lipinski definition) is 6. The Balaban J connectivity index is 1.47. The molecule has 0 unspecified atom stereocenters. The van der Waals surface area contributed by atoms with Gasteiger partial charge in [-0.15, -0.1) is 0 Å². The fourth-order valence-corrected chi connectivity index (χ4v) is 7.18. The van der Waals surface area contributed by atoms with E-state index in [0.29, 0.717) is 11.4 Å². The number of benzene rings is 1. The molecule has 15 heteroatoms. The average Bonchev–Trinajstić information content (AvgIpc) is 3.73. The first-order valence-electron chi connectivity index (χ1n) is 15.0. The van der Waals surface area contributed by atoms with Crippen LogP contribution in [0.15, 0.2) is 47.4 Å². The van der Waals surface area contributed by atoms with Crippen molar-refractivity contribution in [2.24, 2.45) is 7.05 Å². The molecule has 0 saturated heterocycles. The summed E-state index contributed by atoms with van der Waals surface area (Å²) in [5.74, 6) is 1.38. The van der Waals surface area contributed by atoms with Crippen LogP contribution in [0.5, 0.6) is 11.5 Å². The first-order valence-corrected chi connectivity index (χ1v) is 15.9. The fourth-order valence-electron chi connectivity index (χ4n) is 6.56. The lowest BCUT2D eigenvalue weighted by Gasteiger charge is -2.41. The molecule has 0 bridgehead atoms. The maximum Gasteiger partial charge on any atom is 0.273 e.